The average Bonchev–Trinajstić information content (AvgIpc) is 2.54. The molecule has 0 radical (unpaired) electrons. The van der Waals surface area contributed by atoms with Gasteiger partial charge in [0.1, 0.15) is 18.0 Å². The number of rotatable bonds is 2. The van der Waals surface area contributed by atoms with Crippen LogP contribution in [-0.4, -0.2) is 47.4 Å². The maximum Gasteiger partial charge on any atom is 0.490 e. The quantitative estimate of drug-likeness (QED) is 0.794. The van der Waals surface area contributed by atoms with Crippen molar-refractivity contribution in [1.82, 2.24) is 4.98 Å². The van der Waals surface area contributed by atoms with Gasteiger partial charge in [-0.15, -0.1) is 0 Å². The second kappa shape index (κ2) is 9.03. The third-order valence-electron chi connectivity index (χ3n) is 3.38. The monoisotopic (exact) mass is 373 g/mol. The zero-order chi connectivity index (χ0) is 19.9. The van der Waals surface area contributed by atoms with Crippen LogP contribution in [0.15, 0.2) is 12.1 Å². The van der Waals surface area contributed by atoms with Crippen LogP contribution in [0.1, 0.15) is 31.0 Å². The summed E-state index contributed by atoms with van der Waals surface area (Å²) in [6, 6.07) is 5.43. The van der Waals surface area contributed by atoms with E-state index >= 15 is 0 Å². The minimum atomic E-state index is -4.97. The van der Waals surface area contributed by atoms with Crippen LogP contribution < -0.4 is 4.90 Å². The Hall–Kier alpha value is -2.83. The highest BCUT2D eigenvalue weighted by molar-refractivity contribution is 5.75. The second-order valence-electron chi connectivity index (χ2n) is 5.54. The van der Waals surface area contributed by atoms with E-state index in [1.165, 1.54) is 0 Å². The van der Waals surface area contributed by atoms with Crippen LogP contribution in [0.3, 0.4) is 0 Å². The van der Waals surface area contributed by atoms with Gasteiger partial charge in [0.05, 0.1) is 5.56 Å². The van der Waals surface area contributed by atoms with E-state index in [-0.39, 0.29) is 12.8 Å². The number of aromatic nitrogens is 1. The summed E-state index contributed by atoms with van der Waals surface area (Å²) in [6.07, 6.45) is -5.20. The molecule has 1 aliphatic rings. The number of nitrogens with zero attached hydrogens (tertiary/aromatic N) is 3. The van der Waals surface area contributed by atoms with Crippen molar-refractivity contribution >= 4 is 17.8 Å². The molecule has 0 aromatic carbocycles. The predicted octanol–water partition coefficient (Wildman–Crippen LogP) is 2.43. The Morgan fingerprint density at radius 2 is 1.88 bits per heavy atom. The Labute approximate surface area is 148 Å². The maximum absolute atomic E-state index is 12.2. The van der Waals surface area contributed by atoms with Gasteiger partial charge in [0.25, 0.3) is 5.97 Å². The lowest BCUT2D eigenvalue weighted by Crippen LogP contribution is -2.40. The number of carboxylic acids is 1. The highest BCUT2D eigenvalue weighted by atomic mass is 19.4. The first-order chi connectivity index (χ1) is 12.0. The first-order valence-corrected chi connectivity index (χ1v) is 7.64. The first-order valence-electron chi connectivity index (χ1n) is 7.64. The molecule has 1 aliphatic heterocycles. The molecule has 0 atom stereocenters. The molecule has 1 fully saturated rings. The fourth-order valence-corrected chi connectivity index (χ4v) is 2.27. The molecule has 1 aromatic rings. The summed E-state index contributed by atoms with van der Waals surface area (Å²) in [5.74, 6) is -2.47. The van der Waals surface area contributed by atoms with Crippen molar-refractivity contribution in [1.29, 1.82) is 5.26 Å². The molecule has 142 valence electrons. The number of carbonyl (C=O) groups is 2. The van der Waals surface area contributed by atoms with Crippen molar-refractivity contribution in [3.63, 3.8) is 0 Å². The first kappa shape index (κ1) is 21.2. The number of aliphatic carboxylic acids is 1. The van der Waals surface area contributed by atoms with E-state index < -0.39 is 24.2 Å². The number of pyridine rings is 1. The standard InChI is InChI=1S/C14H14F3N3O2.C2H4O2/c1-9-2-3-10(8-18)12(19-9)20-6-4-11(5-7-20)22-13(21)14(15,16)17;1-2(3)4/h2-3,11H,4-7H2,1H3;1H3,(H,3,4). The highest BCUT2D eigenvalue weighted by Gasteiger charge is 2.42. The van der Waals surface area contributed by atoms with Crippen molar-refractivity contribution in [3.8, 4) is 6.07 Å². The molecule has 2 rings (SSSR count). The molecule has 2 heterocycles. The molecular formula is C16H18F3N3O4. The van der Waals surface area contributed by atoms with Gasteiger partial charge in [-0.3, -0.25) is 4.79 Å². The van der Waals surface area contributed by atoms with Crippen LogP contribution >= 0.6 is 0 Å². The van der Waals surface area contributed by atoms with Crippen molar-refractivity contribution in [3.05, 3.63) is 23.4 Å². The molecule has 0 saturated carbocycles. The van der Waals surface area contributed by atoms with E-state index in [0.717, 1.165) is 12.6 Å². The Kier molecular flexibility index (Phi) is 7.37. The van der Waals surface area contributed by atoms with Crippen LogP contribution in [0.2, 0.25) is 0 Å². The number of halogens is 3. The second-order valence-corrected chi connectivity index (χ2v) is 5.54. The summed E-state index contributed by atoms with van der Waals surface area (Å²) in [5, 5.41) is 16.5. The van der Waals surface area contributed by atoms with Gasteiger partial charge < -0.3 is 14.7 Å². The molecule has 0 amide bonds. The smallest absolute Gasteiger partial charge is 0.481 e. The van der Waals surface area contributed by atoms with Gasteiger partial charge >= 0.3 is 12.1 Å². The molecule has 0 bridgehead atoms. The largest absolute Gasteiger partial charge is 0.490 e. The van der Waals surface area contributed by atoms with Crippen molar-refractivity contribution in [2.45, 2.75) is 39.0 Å². The number of piperidine rings is 1. The van der Waals surface area contributed by atoms with E-state index in [1.54, 1.807) is 19.1 Å². The lowest BCUT2D eigenvalue weighted by molar-refractivity contribution is -0.205. The topological polar surface area (TPSA) is 104 Å². The molecule has 10 heteroatoms. The fourth-order valence-electron chi connectivity index (χ4n) is 2.27. The third-order valence-corrected chi connectivity index (χ3v) is 3.38. The fraction of sp³-hybridized carbons (Fsp3) is 0.500. The lowest BCUT2D eigenvalue weighted by atomic mass is 10.1. The van der Waals surface area contributed by atoms with Crippen molar-refractivity contribution in [2.24, 2.45) is 0 Å². The van der Waals surface area contributed by atoms with E-state index in [1.807, 2.05) is 11.0 Å². The summed E-state index contributed by atoms with van der Waals surface area (Å²) in [7, 11) is 0. The number of ether oxygens (including phenoxy) is 1. The number of aryl methyl sites for hydroxylation is 1. The Bertz CT molecular complexity index is 689. The van der Waals surface area contributed by atoms with Gasteiger partial charge in [-0.1, -0.05) is 0 Å². The van der Waals surface area contributed by atoms with Gasteiger partial charge in [0.15, 0.2) is 0 Å². The highest BCUT2D eigenvalue weighted by Crippen LogP contribution is 2.25. The van der Waals surface area contributed by atoms with Crippen molar-refractivity contribution < 1.29 is 32.6 Å². The number of alkyl halides is 3. The number of anilines is 1. The predicted molar refractivity (Wildman–Crippen MR) is 84.4 cm³/mol. The summed E-state index contributed by atoms with van der Waals surface area (Å²) in [6.45, 7) is 3.63. The van der Waals surface area contributed by atoms with Gasteiger partial charge in [0, 0.05) is 38.5 Å². The summed E-state index contributed by atoms with van der Waals surface area (Å²) in [4.78, 5) is 25.9. The average molecular weight is 373 g/mol. The zero-order valence-corrected chi connectivity index (χ0v) is 14.2. The number of carboxylic acid groups (broad SMARTS) is 1. The molecule has 1 saturated heterocycles. The van der Waals surface area contributed by atoms with Gasteiger partial charge in [-0.2, -0.15) is 18.4 Å². The minimum absolute atomic E-state index is 0.266. The Morgan fingerprint density at radius 1 is 1.35 bits per heavy atom. The normalized spacial score (nSPS) is 14.7. The number of hydrogen-bond donors (Lipinski definition) is 1. The molecule has 26 heavy (non-hydrogen) atoms. The molecule has 1 aromatic heterocycles. The number of carbonyl (C=O) groups excluding carboxylic acids is 1. The third kappa shape index (κ3) is 6.58. The number of nitriles is 1. The van der Waals surface area contributed by atoms with E-state index in [4.69, 9.17) is 15.2 Å². The summed E-state index contributed by atoms with van der Waals surface area (Å²) < 4.78 is 40.9. The summed E-state index contributed by atoms with van der Waals surface area (Å²) in [5.41, 5.74) is 1.16. The molecular weight excluding hydrogens is 355 g/mol. The molecule has 0 spiro atoms. The molecule has 0 aliphatic carbocycles. The molecule has 1 N–H and O–H groups in total. The van der Waals surface area contributed by atoms with Crippen LogP contribution in [0.25, 0.3) is 0 Å². The minimum Gasteiger partial charge on any atom is -0.481 e. The van der Waals surface area contributed by atoms with Crippen LogP contribution in [0.4, 0.5) is 19.0 Å². The van der Waals surface area contributed by atoms with E-state index in [9.17, 15) is 18.0 Å². The Balaban J connectivity index is 0.000000765. The van der Waals surface area contributed by atoms with Crippen molar-refractivity contribution in [2.75, 3.05) is 18.0 Å². The van der Waals surface area contributed by atoms with Crippen LogP contribution in [0, 0.1) is 18.3 Å². The van der Waals surface area contributed by atoms with Gasteiger partial charge in [0.2, 0.25) is 0 Å². The SMILES string of the molecule is CC(=O)O.Cc1ccc(C#N)c(N2CCC(OC(=O)C(F)(F)F)CC2)n1. The zero-order valence-electron chi connectivity index (χ0n) is 14.2. The van der Waals surface area contributed by atoms with Crippen LogP contribution in [-0.2, 0) is 14.3 Å². The number of esters is 1. The van der Waals surface area contributed by atoms with E-state index in [0.29, 0.717) is 24.5 Å². The summed E-state index contributed by atoms with van der Waals surface area (Å²) >= 11 is 0. The van der Waals surface area contributed by atoms with E-state index in [2.05, 4.69) is 9.72 Å². The van der Waals surface area contributed by atoms with Gasteiger partial charge in [-0.05, 0) is 19.1 Å². The maximum atomic E-state index is 12.2. The van der Waals surface area contributed by atoms with Crippen LogP contribution in [0.5, 0.6) is 0 Å². The van der Waals surface area contributed by atoms with Gasteiger partial charge in [-0.25, -0.2) is 9.78 Å². The molecule has 7 nitrogen and oxygen atoms in total. The lowest BCUT2D eigenvalue weighted by Gasteiger charge is -2.33. The molecule has 0 unspecified atom stereocenters. The number of hydrogen-bond acceptors (Lipinski definition) is 6. The Morgan fingerprint density at radius 3 is 2.35 bits per heavy atom.